The number of nitrogen functional groups attached to an aromatic ring is 1. The Labute approximate surface area is 105 Å². The van der Waals surface area contributed by atoms with E-state index in [1.54, 1.807) is 12.3 Å². The summed E-state index contributed by atoms with van der Waals surface area (Å²) in [4.78, 5) is 4.18. The molecule has 1 aromatic rings. The van der Waals surface area contributed by atoms with Gasteiger partial charge >= 0.3 is 0 Å². The average molecular weight is 258 g/mol. The number of halogens is 1. The fraction of sp³-hybridized carbons (Fsp3) is 0.545. The Morgan fingerprint density at radius 2 is 2.44 bits per heavy atom. The van der Waals surface area contributed by atoms with Gasteiger partial charge in [0.1, 0.15) is 5.82 Å². The van der Waals surface area contributed by atoms with Gasteiger partial charge in [-0.05, 0) is 24.7 Å². The van der Waals surface area contributed by atoms with Crippen molar-refractivity contribution in [1.82, 2.24) is 4.98 Å². The average Bonchev–Trinajstić information content (AvgIpc) is 2.29. The predicted octanol–water partition coefficient (Wildman–Crippen LogP) is 3.01. The summed E-state index contributed by atoms with van der Waals surface area (Å²) < 4.78 is 0. The summed E-state index contributed by atoms with van der Waals surface area (Å²) in [7, 11) is 0. The Kier molecular flexibility index (Phi) is 4.18. The zero-order valence-corrected chi connectivity index (χ0v) is 10.7. The van der Waals surface area contributed by atoms with Crippen LogP contribution in [0, 0.1) is 0 Å². The summed E-state index contributed by atoms with van der Waals surface area (Å²) in [5.74, 6) is 2.02. The van der Waals surface area contributed by atoms with Gasteiger partial charge in [-0.3, -0.25) is 0 Å². The minimum Gasteiger partial charge on any atom is -0.396 e. The Morgan fingerprint density at radius 1 is 1.56 bits per heavy atom. The van der Waals surface area contributed by atoms with Crippen LogP contribution in [0.25, 0.3) is 0 Å². The van der Waals surface area contributed by atoms with E-state index in [-0.39, 0.29) is 0 Å². The highest BCUT2D eigenvalue weighted by atomic mass is 35.5. The third-order valence-corrected chi connectivity index (χ3v) is 4.26. The van der Waals surface area contributed by atoms with E-state index < -0.39 is 0 Å². The predicted molar refractivity (Wildman–Crippen MR) is 72.2 cm³/mol. The molecule has 1 aliphatic rings. The molecule has 1 unspecified atom stereocenters. The molecule has 1 saturated heterocycles. The van der Waals surface area contributed by atoms with Crippen molar-refractivity contribution in [2.75, 3.05) is 23.3 Å². The van der Waals surface area contributed by atoms with Gasteiger partial charge in [0.2, 0.25) is 0 Å². The fourth-order valence-corrected chi connectivity index (χ4v) is 3.19. The Hall–Kier alpha value is -0.610. The van der Waals surface area contributed by atoms with Crippen molar-refractivity contribution < 1.29 is 0 Å². The molecule has 1 aromatic heterocycles. The van der Waals surface area contributed by atoms with Crippen LogP contribution in [0.3, 0.4) is 0 Å². The van der Waals surface area contributed by atoms with Gasteiger partial charge in [0, 0.05) is 18.0 Å². The molecular weight excluding hydrogens is 242 g/mol. The maximum Gasteiger partial charge on any atom is 0.149 e. The minimum absolute atomic E-state index is 0.579. The quantitative estimate of drug-likeness (QED) is 0.874. The molecule has 3 N–H and O–H groups in total. The standard InChI is InChI=1S/C11H16ClN3S/c12-8-5-10(13)11(14-6-8)15-7-9-3-1-2-4-16-9/h5-6,9H,1-4,7,13H2,(H,14,15). The fourth-order valence-electron chi connectivity index (χ4n) is 1.78. The first-order valence-electron chi connectivity index (χ1n) is 5.52. The van der Waals surface area contributed by atoms with E-state index >= 15 is 0 Å². The van der Waals surface area contributed by atoms with Gasteiger partial charge in [-0.25, -0.2) is 4.98 Å². The Bertz CT molecular complexity index is 353. The molecule has 0 radical (unpaired) electrons. The molecule has 0 spiro atoms. The van der Waals surface area contributed by atoms with Gasteiger partial charge in [0.15, 0.2) is 0 Å². The van der Waals surface area contributed by atoms with Crippen LogP contribution >= 0.6 is 23.4 Å². The highest BCUT2D eigenvalue weighted by molar-refractivity contribution is 7.99. The normalized spacial score (nSPS) is 20.7. The van der Waals surface area contributed by atoms with E-state index in [0.29, 0.717) is 16.0 Å². The molecule has 0 saturated carbocycles. The SMILES string of the molecule is Nc1cc(Cl)cnc1NCC1CCCCS1. The number of hydrogen-bond donors (Lipinski definition) is 2. The van der Waals surface area contributed by atoms with E-state index in [1.165, 1.54) is 25.0 Å². The molecule has 1 aliphatic heterocycles. The minimum atomic E-state index is 0.579. The van der Waals surface area contributed by atoms with Crippen LogP contribution in [0.15, 0.2) is 12.3 Å². The molecule has 1 fully saturated rings. The lowest BCUT2D eigenvalue weighted by Crippen LogP contribution is -2.20. The second-order valence-corrected chi connectivity index (χ2v) is 5.81. The van der Waals surface area contributed by atoms with E-state index in [2.05, 4.69) is 10.3 Å². The third-order valence-electron chi connectivity index (χ3n) is 2.65. The summed E-state index contributed by atoms with van der Waals surface area (Å²) >= 11 is 7.83. The van der Waals surface area contributed by atoms with E-state index in [9.17, 15) is 0 Å². The number of nitrogens with zero attached hydrogens (tertiary/aromatic N) is 1. The third kappa shape index (κ3) is 3.19. The lowest BCUT2D eigenvalue weighted by molar-refractivity contribution is 0.677. The van der Waals surface area contributed by atoms with Gasteiger partial charge < -0.3 is 11.1 Å². The molecule has 5 heteroatoms. The van der Waals surface area contributed by atoms with Crippen molar-refractivity contribution in [3.63, 3.8) is 0 Å². The molecule has 3 nitrogen and oxygen atoms in total. The van der Waals surface area contributed by atoms with Crippen molar-refractivity contribution in [3.05, 3.63) is 17.3 Å². The number of aromatic nitrogens is 1. The van der Waals surface area contributed by atoms with Crippen molar-refractivity contribution >= 4 is 34.9 Å². The highest BCUT2D eigenvalue weighted by Gasteiger charge is 2.14. The first-order valence-corrected chi connectivity index (χ1v) is 6.95. The lowest BCUT2D eigenvalue weighted by atomic mass is 10.2. The van der Waals surface area contributed by atoms with Crippen LogP contribution in [0.5, 0.6) is 0 Å². The number of rotatable bonds is 3. The molecule has 0 amide bonds. The number of nitrogens with two attached hydrogens (primary N) is 1. The first kappa shape index (κ1) is 11.9. The van der Waals surface area contributed by atoms with Gasteiger partial charge in [-0.1, -0.05) is 18.0 Å². The van der Waals surface area contributed by atoms with E-state index in [0.717, 1.165) is 12.4 Å². The second-order valence-electron chi connectivity index (χ2n) is 3.96. The summed E-state index contributed by atoms with van der Waals surface area (Å²) in [5, 5.41) is 4.56. The van der Waals surface area contributed by atoms with Crippen LogP contribution in [0.1, 0.15) is 19.3 Å². The maximum atomic E-state index is 5.82. The van der Waals surface area contributed by atoms with Crippen LogP contribution < -0.4 is 11.1 Å². The molecule has 16 heavy (non-hydrogen) atoms. The highest BCUT2D eigenvalue weighted by Crippen LogP contribution is 2.26. The second kappa shape index (κ2) is 5.64. The van der Waals surface area contributed by atoms with Gasteiger partial charge in [-0.2, -0.15) is 11.8 Å². The number of thioether (sulfide) groups is 1. The van der Waals surface area contributed by atoms with Gasteiger partial charge in [0.05, 0.1) is 10.7 Å². The summed E-state index contributed by atoms with van der Waals surface area (Å²) in [5.41, 5.74) is 6.44. The molecule has 0 aliphatic carbocycles. The van der Waals surface area contributed by atoms with Crippen molar-refractivity contribution in [1.29, 1.82) is 0 Å². The number of pyridine rings is 1. The monoisotopic (exact) mass is 257 g/mol. The van der Waals surface area contributed by atoms with Crippen LogP contribution in [-0.4, -0.2) is 22.5 Å². The Morgan fingerprint density at radius 3 is 3.12 bits per heavy atom. The molecule has 0 aromatic carbocycles. The molecule has 1 atom stereocenters. The Balaban J connectivity index is 1.88. The zero-order valence-electron chi connectivity index (χ0n) is 9.08. The van der Waals surface area contributed by atoms with Gasteiger partial charge in [-0.15, -0.1) is 0 Å². The first-order chi connectivity index (χ1) is 7.75. The van der Waals surface area contributed by atoms with Crippen LogP contribution in [0.2, 0.25) is 5.02 Å². The maximum absolute atomic E-state index is 5.82. The van der Waals surface area contributed by atoms with Crippen molar-refractivity contribution in [2.45, 2.75) is 24.5 Å². The molecule has 2 heterocycles. The molecule has 0 bridgehead atoms. The van der Waals surface area contributed by atoms with E-state index in [1.807, 2.05) is 11.8 Å². The topological polar surface area (TPSA) is 50.9 Å². The summed E-state index contributed by atoms with van der Waals surface area (Å²) in [6.07, 6.45) is 5.59. The number of hydrogen-bond acceptors (Lipinski definition) is 4. The summed E-state index contributed by atoms with van der Waals surface area (Å²) in [6, 6.07) is 1.73. The molecule has 2 rings (SSSR count). The smallest absolute Gasteiger partial charge is 0.149 e. The summed E-state index contributed by atoms with van der Waals surface area (Å²) in [6.45, 7) is 0.934. The van der Waals surface area contributed by atoms with Crippen molar-refractivity contribution in [3.8, 4) is 0 Å². The van der Waals surface area contributed by atoms with Crippen LogP contribution in [0.4, 0.5) is 11.5 Å². The zero-order chi connectivity index (χ0) is 11.4. The van der Waals surface area contributed by atoms with E-state index in [4.69, 9.17) is 17.3 Å². The van der Waals surface area contributed by atoms with Gasteiger partial charge in [0.25, 0.3) is 0 Å². The lowest BCUT2D eigenvalue weighted by Gasteiger charge is -2.21. The number of anilines is 2. The van der Waals surface area contributed by atoms with Crippen LogP contribution in [-0.2, 0) is 0 Å². The number of nitrogens with one attached hydrogen (secondary N) is 1. The van der Waals surface area contributed by atoms with Crippen molar-refractivity contribution in [2.24, 2.45) is 0 Å². The molecule has 88 valence electrons. The largest absolute Gasteiger partial charge is 0.396 e. The molecular formula is C11H16ClN3S.